The third-order valence-corrected chi connectivity index (χ3v) is 6.08. The molecule has 3 aromatic rings. The minimum Gasteiger partial charge on any atom is -0.497 e. The van der Waals surface area contributed by atoms with Crippen molar-refractivity contribution in [3.63, 3.8) is 0 Å². The Labute approximate surface area is 207 Å². The van der Waals surface area contributed by atoms with E-state index >= 15 is 0 Å². The Morgan fingerprint density at radius 1 is 0.971 bits per heavy atom. The van der Waals surface area contributed by atoms with Crippen LogP contribution < -0.4 is 19.7 Å². The Balaban J connectivity index is 1.70. The number of benzene rings is 3. The van der Waals surface area contributed by atoms with E-state index in [-0.39, 0.29) is 12.2 Å². The van der Waals surface area contributed by atoms with Crippen molar-refractivity contribution in [2.75, 3.05) is 12.0 Å². The maximum absolute atomic E-state index is 13.3. The maximum Gasteiger partial charge on any atom is 0.335 e. The maximum atomic E-state index is 13.3. The molecule has 0 unspecified atom stereocenters. The number of carbonyl (C=O) groups excluding carboxylic acids is 3. The van der Waals surface area contributed by atoms with E-state index in [2.05, 4.69) is 5.32 Å². The van der Waals surface area contributed by atoms with Crippen molar-refractivity contribution in [3.05, 3.63) is 93.5 Å². The van der Waals surface area contributed by atoms with Crippen molar-refractivity contribution in [1.29, 1.82) is 0 Å². The largest absolute Gasteiger partial charge is 0.497 e. The first kappa shape index (κ1) is 24.0. The second kappa shape index (κ2) is 10.0. The van der Waals surface area contributed by atoms with E-state index in [0.29, 0.717) is 27.8 Å². The van der Waals surface area contributed by atoms with Crippen molar-refractivity contribution < 1.29 is 23.9 Å². The topological polar surface area (TPSA) is 84.9 Å². The molecule has 0 atom stereocenters. The van der Waals surface area contributed by atoms with E-state index < -0.39 is 17.8 Å². The Kier molecular flexibility index (Phi) is 6.89. The standard InChI is InChI=1S/C27H23ClN2O5/c1-16-8-10-20(12-17(16)2)30-26(32)22(25(31)29-27(30)33)13-18-9-11-21(34-3)14-24(18)35-15-19-6-4-5-7-23(19)28/h4-14H,15H2,1-3H3,(H,29,31,33)/b22-13+. The van der Waals surface area contributed by atoms with Gasteiger partial charge < -0.3 is 9.47 Å². The van der Waals surface area contributed by atoms with Crippen LogP contribution in [0.3, 0.4) is 0 Å². The van der Waals surface area contributed by atoms with Gasteiger partial charge in [0.15, 0.2) is 0 Å². The molecule has 35 heavy (non-hydrogen) atoms. The molecule has 4 rings (SSSR count). The molecule has 8 heteroatoms. The third kappa shape index (κ3) is 5.05. The van der Waals surface area contributed by atoms with Gasteiger partial charge in [-0.25, -0.2) is 9.69 Å². The summed E-state index contributed by atoms with van der Waals surface area (Å²) in [5.41, 5.74) is 3.34. The SMILES string of the molecule is COc1ccc(/C=C2\C(=O)NC(=O)N(c3ccc(C)c(C)c3)C2=O)c(OCc2ccccc2Cl)c1. The van der Waals surface area contributed by atoms with Crippen molar-refractivity contribution in [3.8, 4) is 11.5 Å². The highest BCUT2D eigenvalue weighted by Gasteiger charge is 2.37. The second-order valence-corrected chi connectivity index (χ2v) is 8.42. The number of amides is 4. The van der Waals surface area contributed by atoms with Gasteiger partial charge in [0.2, 0.25) is 0 Å². The molecular weight excluding hydrogens is 468 g/mol. The zero-order valence-electron chi connectivity index (χ0n) is 19.4. The fourth-order valence-corrected chi connectivity index (χ4v) is 3.76. The van der Waals surface area contributed by atoms with Crippen LogP contribution in [-0.4, -0.2) is 25.0 Å². The first-order valence-electron chi connectivity index (χ1n) is 10.8. The number of urea groups is 1. The quantitative estimate of drug-likeness (QED) is 0.378. The summed E-state index contributed by atoms with van der Waals surface area (Å²) in [4.78, 5) is 39.4. The molecule has 7 nitrogen and oxygen atoms in total. The lowest BCUT2D eigenvalue weighted by Crippen LogP contribution is -2.54. The van der Waals surface area contributed by atoms with Gasteiger partial charge in [-0.15, -0.1) is 0 Å². The molecule has 1 aliphatic heterocycles. The molecule has 1 saturated heterocycles. The van der Waals surface area contributed by atoms with Crippen LogP contribution in [0.25, 0.3) is 6.08 Å². The monoisotopic (exact) mass is 490 g/mol. The first-order valence-corrected chi connectivity index (χ1v) is 11.2. The van der Waals surface area contributed by atoms with Crippen molar-refractivity contribution in [1.82, 2.24) is 5.32 Å². The van der Waals surface area contributed by atoms with Crippen molar-refractivity contribution in [2.24, 2.45) is 0 Å². The fourth-order valence-electron chi connectivity index (χ4n) is 3.57. The van der Waals surface area contributed by atoms with Gasteiger partial charge in [-0.3, -0.25) is 14.9 Å². The number of anilines is 1. The molecule has 3 aromatic carbocycles. The van der Waals surface area contributed by atoms with Crippen LogP contribution in [0.1, 0.15) is 22.3 Å². The number of ether oxygens (including phenoxy) is 2. The lowest BCUT2D eigenvalue weighted by molar-refractivity contribution is -0.122. The summed E-state index contributed by atoms with van der Waals surface area (Å²) in [6, 6.07) is 16.7. The normalized spacial score (nSPS) is 14.8. The summed E-state index contributed by atoms with van der Waals surface area (Å²) in [6.07, 6.45) is 1.40. The van der Waals surface area contributed by atoms with Crippen LogP contribution in [0, 0.1) is 13.8 Å². The molecule has 0 bridgehead atoms. The minimum absolute atomic E-state index is 0.163. The zero-order valence-corrected chi connectivity index (χ0v) is 20.2. The van der Waals surface area contributed by atoms with Crippen LogP contribution in [-0.2, 0) is 16.2 Å². The van der Waals surface area contributed by atoms with Gasteiger partial charge in [0.1, 0.15) is 23.7 Å². The Morgan fingerprint density at radius 2 is 1.74 bits per heavy atom. The number of hydrogen-bond acceptors (Lipinski definition) is 5. The van der Waals surface area contributed by atoms with Gasteiger partial charge in [0.25, 0.3) is 11.8 Å². The van der Waals surface area contributed by atoms with E-state index in [4.69, 9.17) is 21.1 Å². The molecule has 1 fully saturated rings. The average molecular weight is 491 g/mol. The summed E-state index contributed by atoms with van der Waals surface area (Å²) < 4.78 is 11.3. The first-order chi connectivity index (χ1) is 16.8. The van der Waals surface area contributed by atoms with Gasteiger partial charge in [-0.2, -0.15) is 0 Å². The van der Waals surface area contributed by atoms with Crippen molar-refractivity contribution in [2.45, 2.75) is 20.5 Å². The Bertz CT molecular complexity index is 1370. The number of imide groups is 2. The number of aryl methyl sites for hydroxylation is 2. The van der Waals surface area contributed by atoms with Crippen LogP contribution in [0.4, 0.5) is 10.5 Å². The fraction of sp³-hybridized carbons (Fsp3) is 0.148. The second-order valence-electron chi connectivity index (χ2n) is 8.01. The number of halogens is 1. The molecule has 0 aromatic heterocycles. The summed E-state index contributed by atoms with van der Waals surface area (Å²) in [5.74, 6) is -0.595. The molecule has 0 radical (unpaired) electrons. The molecule has 4 amide bonds. The number of rotatable bonds is 6. The summed E-state index contributed by atoms with van der Waals surface area (Å²) in [6.45, 7) is 3.98. The van der Waals surface area contributed by atoms with E-state index in [1.54, 1.807) is 36.4 Å². The number of hydrogen-bond donors (Lipinski definition) is 1. The lowest BCUT2D eigenvalue weighted by atomic mass is 10.0. The Hall–Kier alpha value is -4.10. The van der Waals surface area contributed by atoms with Crippen molar-refractivity contribution >= 4 is 41.2 Å². The molecule has 178 valence electrons. The van der Waals surface area contributed by atoms with Gasteiger partial charge in [0, 0.05) is 22.2 Å². The highest BCUT2D eigenvalue weighted by molar-refractivity contribution is 6.39. The van der Waals surface area contributed by atoms with E-state index in [0.717, 1.165) is 21.6 Å². The van der Waals surface area contributed by atoms with Gasteiger partial charge in [-0.1, -0.05) is 35.9 Å². The number of carbonyl (C=O) groups is 3. The van der Waals surface area contributed by atoms with E-state index in [9.17, 15) is 14.4 Å². The van der Waals surface area contributed by atoms with Gasteiger partial charge >= 0.3 is 6.03 Å². The minimum atomic E-state index is -0.801. The average Bonchev–Trinajstić information content (AvgIpc) is 2.83. The van der Waals surface area contributed by atoms with Crippen LogP contribution >= 0.6 is 11.6 Å². The van der Waals surface area contributed by atoms with Gasteiger partial charge in [-0.05, 0) is 61.4 Å². The summed E-state index contributed by atoms with van der Waals surface area (Å²) in [5, 5.41) is 2.80. The Morgan fingerprint density at radius 3 is 2.46 bits per heavy atom. The molecule has 1 aliphatic rings. The van der Waals surface area contributed by atoms with Crippen LogP contribution in [0.2, 0.25) is 5.02 Å². The number of nitrogens with one attached hydrogen (secondary N) is 1. The van der Waals surface area contributed by atoms with E-state index in [1.807, 2.05) is 38.1 Å². The molecule has 1 heterocycles. The summed E-state index contributed by atoms with van der Waals surface area (Å²) in [7, 11) is 1.52. The van der Waals surface area contributed by atoms with Crippen LogP contribution in [0.5, 0.6) is 11.5 Å². The number of nitrogens with zero attached hydrogens (tertiary/aromatic N) is 1. The molecular formula is C27H23ClN2O5. The molecule has 0 saturated carbocycles. The molecule has 1 N–H and O–H groups in total. The lowest BCUT2D eigenvalue weighted by Gasteiger charge is -2.27. The summed E-state index contributed by atoms with van der Waals surface area (Å²) >= 11 is 6.24. The smallest absolute Gasteiger partial charge is 0.335 e. The highest BCUT2D eigenvalue weighted by atomic mass is 35.5. The highest BCUT2D eigenvalue weighted by Crippen LogP contribution is 2.30. The van der Waals surface area contributed by atoms with Gasteiger partial charge in [0.05, 0.1) is 12.8 Å². The third-order valence-electron chi connectivity index (χ3n) is 5.71. The number of methoxy groups -OCH3 is 1. The predicted molar refractivity (Wildman–Crippen MR) is 134 cm³/mol. The van der Waals surface area contributed by atoms with Crippen LogP contribution in [0.15, 0.2) is 66.2 Å². The predicted octanol–water partition coefficient (Wildman–Crippen LogP) is 5.21. The molecule has 0 aliphatic carbocycles. The number of barbiturate groups is 1. The molecule has 0 spiro atoms. The zero-order chi connectivity index (χ0) is 25.1. The van der Waals surface area contributed by atoms with E-state index in [1.165, 1.54) is 13.2 Å².